The molecule has 1 heterocycles. The molecule has 0 spiro atoms. The van der Waals surface area contributed by atoms with E-state index in [4.69, 9.17) is 4.74 Å². The van der Waals surface area contributed by atoms with E-state index in [1.54, 1.807) is 0 Å². The van der Waals surface area contributed by atoms with E-state index >= 15 is 0 Å². The third-order valence-corrected chi connectivity index (χ3v) is 6.12. The maximum absolute atomic E-state index is 13.3. The third kappa shape index (κ3) is 6.02. The van der Waals surface area contributed by atoms with Crippen LogP contribution in [0.5, 0.6) is 0 Å². The van der Waals surface area contributed by atoms with Gasteiger partial charge in [-0.05, 0) is 43.2 Å². The molecule has 0 saturated carbocycles. The van der Waals surface area contributed by atoms with Gasteiger partial charge in [0.2, 0.25) is 5.91 Å². The van der Waals surface area contributed by atoms with Crippen LogP contribution in [0.1, 0.15) is 36.7 Å². The first kappa shape index (κ1) is 26.3. The van der Waals surface area contributed by atoms with E-state index < -0.39 is 28.9 Å². The summed E-state index contributed by atoms with van der Waals surface area (Å²) >= 11 is 0.944. The topological polar surface area (TPSA) is 90.3 Å². The van der Waals surface area contributed by atoms with Crippen LogP contribution in [-0.4, -0.2) is 33.8 Å². The Morgan fingerprint density at radius 2 is 1.83 bits per heavy atom. The van der Waals surface area contributed by atoms with Crippen LogP contribution in [0.2, 0.25) is 0 Å². The van der Waals surface area contributed by atoms with Gasteiger partial charge >= 0.3 is 12.1 Å². The molecule has 0 radical (unpaired) electrons. The SMILES string of the molecule is COC(=O)c1ccc2c(=O)n(CC(C)C)c(S[C@@H](C)C(=O)Nc3ccccc3C(F)(F)F)nc2c1. The second-order valence-electron chi connectivity index (χ2n) is 8.22. The monoisotopic (exact) mass is 507 g/mol. The Balaban J connectivity index is 1.97. The highest BCUT2D eigenvalue weighted by Gasteiger charge is 2.34. The summed E-state index contributed by atoms with van der Waals surface area (Å²) in [5, 5.41) is 1.94. The summed E-state index contributed by atoms with van der Waals surface area (Å²) in [6, 6.07) is 9.09. The Bertz CT molecular complexity index is 1320. The van der Waals surface area contributed by atoms with Crippen LogP contribution < -0.4 is 10.9 Å². The second kappa shape index (κ2) is 10.5. The number of para-hydroxylation sites is 1. The molecule has 186 valence electrons. The normalized spacial score (nSPS) is 12.6. The Morgan fingerprint density at radius 3 is 2.46 bits per heavy atom. The number of methoxy groups -OCH3 is 1. The Morgan fingerprint density at radius 1 is 1.14 bits per heavy atom. The highest BCUT2D eigenvalue weighted by molar-refractivity contribution is 8.00. The van der Waals surface area contributed by atoms with Crippen molar-refractivity contribution in [3.8, 4) is 0 Å². The smallest absolute Gasteiger partial charge is 0.418 e. The van der Waals surface area contributed by atoms with E-state index in [1.807, 2.05) is 13.8 Å². The highest BCUT2D eigenvalue weighted by atomic mass is 32.2. The number of hydrogen-bond acceptors (Lipinski definition) is 6. The van der Waals surface area contributed by atoms with Gasteiger partial charge in [0.15, 0.2) is 5.16 Å². The lowest BCUT2D eigenvalue weighted by molar-refractivity contribution is -0.137. The van der Waals surface area contributed by atoms with Gasteiger partial charge < -0.3 is 10.1 Å². The van der Waals surface area contributed by atoms with Crippen LogP contribution in [0, 0.1) is 5.92 Å². The van der Waals surface area contributed by atoms with Crippen molar-refractivity contribution >= 4 is 40.2 Å². The first-order chi connectivity index (χ1) is 16.4. The van der Waals surface area contributed by atoms with Gasteiger partial charge in [-0.2, -0.15) is 13.2 Å². The molecule has 1 N–H and O–H groups in total. The van der Waals surface area contributed by atoms with Crippen molar-refractivity contribution in [1.82, 2.24) is 9.55 Å². The second-order valence-corrected chi connectivity index (χ2v) is 9.53. The number of carbonyl (C=O) groups excluding carboxylic acids is 2. The van der Waals surface area contributed by atoms with Crippen molar-refractivity contribution in [2.75, 3.05) is 12.4 Å². The molecule has 1 amide bonds. The third-order valence-electron chi connectivity index (χ3n) is 5.03. The zero-order valence-electron chi connectivity index (χ0n) is 19.5. The number of hydrogen-bond donors (Lipinski definition) is 1. The minimum absolute atomic E-state index is 0.0726. The number of aromatic nitrogens is 2. The van der Waals surface area contributed by atoms with Crippen molar-refractivity contribution in [1.29, 1.82) is 0 Å². The fourth-order valence-corrected chi connectivity index (χ4v) is 4.26. The number of amides is 1. The Labute approximate surface area is 203 Å². The summed E-state index contributed by atoms with van der Waals surface area (Å²) in [6.07, 6.45) is -4.63. The first-order valence-corrected chi connectivity index (χ1v) is 11.6. The minimum atomic E-state index is -4.63. The number of alkyl halides is 3. The average molecular weight is 508 g/mol. The molecule has 0 saturated heterocycles. The number of esters is 1. The van der Waals surface area contributed by atoms with E-state index in [1.165, 1.54) is 55.0 Å². The molecule has 3 rings (SSSR count). The summed E-state index contributed by atoms with van der Waals surface area (Å²) in [5.41, 5.74) is -1.21. The summed E-state index contributed by atoms with van der Waals surface area (Å²) in [4.78, 5) is 42.4. The van der Waals surface area contributed by atoms with E-state index in [0.29, 0.717) is 11.9 Å². The van der Waals surface area contributed by atoms with E-state index in [-0.39, 0.29) is 33.4 Å². The van der Waals surface area contributed by atoms with Crippen molar-refractivity contribution in [3.05, 3.63) is 63.9 Å². The van der Waals surface area contributed by atoms with Gasteiger partial charge in [-0.1, -0.05) is 37.7 Å². The molecule has 2 aromatic carbocycles. The highest BCUT2D eigenvalue weighted by Crippen LogP contribution is 2.35. The number of ether oxygens (including phenoxy) is 1. The molecule has 35 heavy (non-hydrogen) atoms. The molecular weight excluding hydrogens is 483 g/mol. The Kier molecular flexibility index (Phi) is 7.89. The van der Waals surface area contributed by atoms with Crippen LogP contribution in [0.4, 0.5) is 18.9 Å². The van der Waals surface area contributed by atoms with E-state index in [9.17, 15) is 27.6 Å². The summed E-state index contributed by atoms with van der Waals surface area (Å²) in [6.45, 7) is 5.65. The molecule has 1 atom stereocenters. The van der Waals surface area contributed by atoms with Crippen LogP contribution in [0.15, 0.2) is 52.4 Å². The molecule has 11 heteroatoms. The zero-order valence-corrected chi connectivity index (χ0v) is 20.3. The molecule has 3 aromatic rings. The van der Waals surface area contributed by atoms with Crippen molar-refractivity contribution < 1.29 is 27.5 Å². The number of halogens is 3. The summed E-state index contributed by atoms with van der Waals surface area (Å²) < 4.78 is 46.0. The predicted octanol–water partition coefficient (Wildman–Crippen LogP) is 4.98. The van der Waals surface area contributed by atoms with Crippen molar-refractivity contribution in [3.63, 3.8) is 0 Å². The molecule has 0 unspecified atom stereocenters. The number of nitrogens with zero attached hydrogens (tertiary/aromatic N) is 2. The lowest BCUT2D eigenvalue weighted by Crippen LogP contribution is -2.28. The largest absolute Gasteiger partial charge is 0.465 e. The van der Waals surface area contributed by atoms with Crippen LogP contribution in [0.25, 0.3) is 10.9 Å². The van der Waals surface area contributed by atoms with E-state index in [0.717, 1.165) is 17.8 Å². The van der Waals surface area contributed by atoms with Gasteiger partial charge in [0.05, 0.1) is 40.1 Å². The number of fused-ring (bicyclic) bond motifs is 1. The fraction of sp³-hybridized carbons (Fsp3) is 0.333. The summed E-state index contributed by atoms with van der Waals surface area (Å²) in [7, 11) is 1.24. The lowest BCUT2D eigenvalue weighted by Gasteiger charge is -2.19. The molecule has 1 aromatic heterocycles. The quantitative estimate of drug-likeness (QED) is 0.276. The van der Waals surface area contributed by atoms with Gasteiger partial charge in [0, 0.05) is 6.54 Å². The Hall–Kier alpha value is -3.34. The fourth-order valence-electron chi connectivity index (χ4n) is 3.35. The molecule has 0 aliphatic heterocycles. The molecular formula is C24H24F3N3O4S. The minimum Gasteiger partial charge on any atom is -0.465 e. The molecule has 0 aliphatic rings. The maximum Gasteiger partial charge on any atom is 0.418 e. The van der Waals surface area contributed by atoms with Crippen LogP contribution in [-0.2, 0) is 22.3 Å². The number of nitrogens with one attached hydrogen (secondary N) is 1. The van der Waals surface area contributed by atoms with Gasteiger partial charge in [-0.15, -0.1) is 0 Å². The van der Waals surface area contributed by atoms with Crippen molar-refractivity contribution in [2.24, 2.45) is 5.92 Å². The number of anilines is 1. The lowest BCUT2D eigenvalue weighted by atomic mass is 10.1. The first-order valence-electron chi connectivity index (χ1n) is 10.7. The molecule has 0 bridgehead atoms. The predicted molar refractivity (Wildman–Crippen MR) is 128 cm³/mol. The number of benzene rings is 2. The van der Waals surface area contributed by atoms with Crippen molar-refractivity contribution in [2.45, 2.75) is 43.9 Å². The van der Waals surface area contributed by atoms with Gasteiger partial charge in [0.1, 0.15) is 0 Å². The van der Waals surface area contributed by atoms with Crippen LogP contribution in [0.3, 0.4) is 0 Å². The van der Waals surface area contributed by atoms with Gasteiger partial charge in [0.25, 0.3) is 5.56 Å². The summed E-state index contributed by atoms with van der Waals surface area (Å²) in [5.74, 6) is -1.20. The van der Waals surface area contributed by atoms with Crippen LogP contribution >= 0.6 is 11.8 Å². The molecule has 0 aliphatic carbocycles. The molecule has 0 fully saturated rings. The van der Waals surface area contributed by atoms with E-state index in [2.05, 4.69) is 10.3 Å². The average Bonchev–Trinajstić information content (AvgIpc) is 2.80. The standard InChI is InChI=1S/C24H24F3N3O4S/c1-13(2)12-30-21(32)16-10-9-15(22(33)34-4)11-19(16)29-23(30)35-14(3)20(31)28-18-8-6-5-7-17(18)24(25,26)27/h5-11,13-14H,12H2,1-4H3,(H,28,31)/t14-/m0/s1. The van der Waals surface area contributed by atoms with Gasteiger partial charge in [-0.3, -0.25) is 14.2 Å². The zero-order chi connectivity index (χ0) is 25.9. The maximum atomic E-state index is 13.3. The molecule has 7 nitrogen and oxygen atoms in total. The number of rotatable bonds is 7. The number of thioether (sulfide) groups is 1. The van der Waals surface area contributed by atoms with Gasteiger partial charge in [-0.25, -0.2) is 9.78 Å². The number of carbonyl (C=O) groups is 2.